The number of hydrogen-bond donors (Lipinski definition) is 2. The molecule has 0 fully saturated rings. The number of ether oxygens (including phenoxy) is 1. The van der Waals surface area contributed by atoms with Crippen LogP contribution < -0.4 is 15.4 Å². The lowest BCUT2D eigenvalue weighted by Crippen LogP contribution is -2.39. The topological polar surface area (TPSA) is 58.5 Å². The van der Waals surface area contributed by atoms with Gasteiger partial charge in [-0.15, -0.1) is 0 Å². The number of hydrogen-bond acceptors (Lipinski definition) is 3. The van der Waals surface area contributed by atoms with Crippen LogP contribution in [0.1, 0.15) is 5.69 Å². The third kappa shape index (κ3) is 5.40. The molecule has 2 N–H and O–H groups in total. The Bertz CT molecular complexity index is 604. The molecule has 0 saturated heterocycles. The van der Waals surface area contributed by atoms with E-state index in [1.54, 1.807) is 25.4 Å². The highest BCUT2D eigenvalue weighted by atomic mass is 19.1. The molecule has 2 aromatic rings. The van der Waals surface area contributed by atoms with Crippen molar-refractivity contribution in [1.29, 1.82) is 0 Å². The summed E-state index contributed by atoms with van der Waals surface area (Å²) in [5, 5.41) is 6.27. The Morgan fingerprint density at radius 3 is 2.86 bits per heavy atom. The van der Waals surface area contributed by atoms with E-state index in [4.69, 9.17) is 4.74 Å². The van der Waals surface area contributed by atoms with Crippen LogP contribution in [0.15, 0.2) is 53.7 Å². The summed E-state index contributed by atoms with van der Waals surface area (Å²) in [4.78, 5) is 8.34. The van der Waals surface area contributed by atoms with Gasteiger partial charge >= 0.3 is 0 Å². The van der Waals surface area contributed by atoms with Gasteiger partial charge in [-0.05, 0) is 24.3 Å². The molecule has 22 heavy (non-hydrogen) atoms. The second-order valence-electron chi connectivity index (χ2n) is 4.48. The van der Waals surface area contributed by atoms with E-state index in [0.29, 0.717) is 31.4 Å². The van der Waals surface area contributed by atoms with E-state index in [0.717, 1.165) is 5.69 Å². The minimum absolute atomic E-state index is 0.307. The average molecular weight is 302 g/mol. The molecule has 0 atom stereocenters. The van der Waals surface area contributed by atoms with E-state index in [2.05, 4.69) is 20.6 Å². The summed E-state index contributed by atoms with van der Waals surface area (Å²) in [6, 6.07) is 11.8. The fourth-order valence-electron chi connectivity index (χ4n) is 1.79. The van der Waals surface area contributed by atoms with Crippen LogP contribution in [0.5, 0.6) is 5.75 Å². The van der Waals surface area contributed by atoms with Crippen LogP contribution in [0, 0.1) is 5.82 Å². The first-order valence-corrected chi connectivity index (χ1v) is 7.01. The lowest BCUT2D eigenvalue weighted by molar-refractivity contribution is 0.320. The van der Waals surface area contributed by atoms with Gasteiger partial charge < -0.3 is 15.4 Å². The van der Waals surface area contributed by atoms with Gasteiger partial charge in [0, 0.05) is 19.3 Å². The molecule has 6 heteroatoms. The Hall–Kier alpha value is -2.63. The zero-order valence-corrected chi connectivity index (χ0v) is 12.4. The second-order valence-corrected chi connectivity index (χ2v) is 4.48. The molecule has 2 rings (SSSR count). The highest BCUT2D eigenvalue weighted by Crippen LogP contribution is 2.11. The number of aliphatic imine (C=N–C) groups is 1. The quantitative estimate of drug-likeness (QED) is 0.486. The Labute approximate surface area is 129 Å². The minimum atomic E-state index is -0.307. The summed E-state index contributed by atoms with van der Waals surface area (Å²) in [6.07, 6.45) is 1.75. The van der Waals surface area contributed by atoms with Crippen LogP contribution in [-0.2, 0) is 6.54 Å². The SMILES string of the molecule is CN=C(NCCOc1cccc(F)c1)NCc1ccccn1. The number of benzene rings is 1. The van der Waals surface area contributed by atoms with Gasteiger partial charge in [0.05, 0.1) is 18.8 Å². The van der Waals surface area contributed by atoms with Crippen molar-refractivity contribution >= 4 is 5.96 Å². The van der Waals surface area contributed by atoms with Crippen molar-refractivity contribution in [2.45, 2.75) is 6.54 Å². The number of aromatic nitrogens is 1. The summed E-state index contributed by atoms with van der Waals surface area (Å²) in [6.45, 7) is 1.55. The van der Waals surface area contributed by atoms with E-state index >= 15 is 0 Å². The second kappa shape index (κ2) is 8.61. The van der Waals surface area contributed by atoms with E-state index in [1.165, 1.54) is 12.1 Å². The zero-order chi connectivity index (χ0) is 15.6. The number of nitrogens with zero attached hydrogens (tertiary/aromatic N) is 2. The van der Waals surface area contributed by atoms with Crippen LogP contribution in [-0.4, -0.2) is 31.1 Å². The predicted molar refractivity (Wildman–Crippen MR) is 84.3 cm³/mol. The van der Waals surface area contributed by atoms with Gasteiger partial charge in [0.2, 0.25) is 0 Å². The van der Waals surface area contributed by atoms with Gasteiger partial charge in [0.25, 0.3) is 0 Å². The molecule has 0 spiro atoms. The van der Waals surface area contributed by atoms with Gasteiger partial charge in [-0.2, -0.15) is 0 Å². The van der Waals surface area contributed by atoms with Crippen molar-refractivity contribution in [1.82, 2.24) is 15.6 Å². The van der Waals surface area contributed by atoms with Gasteiger partial charge in [0.15, 0.2) is 5.96 Å². The smallest absolute Gasteiger partial charge is 0.191 e. The molecule has 0 radical (unpaired) electrons. The van der Waals surface area contributed by atoms with Crippen molar-refractivity contribution < 1.29 is 9.13 Å². The first-order chi connectivity index (χ1) is 10.8. The summed E-state index contributed by atoms with van der Waals surface area (Å²) < 4.78 is 18.4. The largest absolute Gasteiger partial charge is 0.492 e. The monoisotopic (exact) mass is 302 g/mol. The molecule has 0 aliphatic heterocycles. The van der Waals surface area contributed by atoms with Crippen LogP contribution in [0.3, 0.4) is 0 Å². The van der Waals surface area contributed by atoms with Gasteiger partial charge in [-0.3, -0.25) is 9.98 Å². The lowest BCUT2D eigenvalue weighted by Gasteiger charge is -2.12. The van der Waals surface area contributed by atoms with E-state index in [-0.39, 0.29) is 5.82 Å². The number of guanidine groups is 1. The highest BCUT2D eigenvalue weighted by molar-refractivity contribution is 5.79. The molecule has 0 amide bonds. The number of pyridine rings is 1. The Balaban J connectivity index is 1.68. The maximum atomic E-state index is 13.0. The van der Waals surface area contributed by atoms with Crippen LogP contribution in [0.25, 0.3) is 0 Å². The fraction of sp³-hybridized carbons (Fsp3) is 0.250. The molecule has 1 aromatic carbocycles. The van der Waals surface area contributed by atoms with E-state index in [1.807, 2.05) is 18.2 Å². The molecule has 5 nitrogen and oxygen atoms in total. The standard InChI is InChI=1S/C16H19FN4O/c1-18-16(21-12-14-6-2-3-8-19-14)20-9-10-22-15-7-4-5-13(17)11-15/h2-8,11H,9-10,12H2,1H3,(H2,18,20,21). The van der Waals surface area contributed by atoms with Crippen molar-refractivity contribution in [3.8, 4) is 5.75 Å². The van der Waals surface area contributed by atoms with Gasteiger partial charge in [-0.25, -0.2) is 4.39 Å². The molecule has 0 saturated carbocycles. The third-order valence-corrected chi connectivity index (χ3v) is 2.85. The summed E-state index contributed by atoms with van der Waals surface area (Å²) in [5.74, 6) is 0.866. The number of rotatable bonds is 6. The van der Waals surface area contributed by atoms with Crippen LogP contribution >= 0.6 is 0 Å². The normalized spacial score (nSPS) is 11.1. The molecule has 0 unspecified atom stereocenters. The summed E-state index contributed by atoms with van der Waals surface area (Å²) >= 11 is 0. The third-order valence-electron chi connectivity index (χ3n) is 2.85. The van der Waals surface area contributed by atoms with Gasteiger partial charge in [0.1, 0.15) is 18.2 Å². The Morgan fingerprint density at radius 1 is 1.23 bits per heavy atom. The number of halogens is 1. The zero-order valence-electron chi connectivity index (χ0n) is 12.4. The Morgan fingerprint density at radius 2 is 2.14 bits per heavy atom. The van der Waals surface area contributed by atoms with Crippen LogP contribution in [0.2, 0.25) is 0 Å². The highest BCUT2D eigenvalue weighted by Gasteiger charge is 1.99. The Kier molecular flexibility index (Phi) is 6.17. The molecule has 116 valence electrons. The molecule has 0 aliphatic carbocycles. The first kappa shape index (κ1) is 15.8. The molecule has 1 heterocycles. The van der Waals surface area contributed by atoms with E-state index in [9.17, 15) is 4.39 Å². The predicted octanol–water partition coefficient (Wildman–Crippen LogP) is 1.96. The molecule has 1 aromatic heterocycles. The summed E-state index contributed by atoms with van der Waals surface area (Å²) in [5.41, 5.74) is 0.932. The molecular weight excluding hydrogens is 283 g/mol. The maximum Gasteiger partial charge on any atom is 0.191 e. The maximum absolute atomic E-state index is 13.0. The van der Waals surface area contributed by atoms with Crippen LogP contribution in [0.4, 0.5) is 4.39 Å². The fourth-order valence-corrected chi connectivity index (χ4v) is 1.79. The average Bonchev–Trinajstić information content (AvgIpc) is 2.55. The van der Waals surface area contributed by atoms with Gasteiger partial charge in [-0.1, -0.05) is 12.1 Å². The molecular formula is C16H19FN4O. The summed E-state index contributed by atoms with van der Waals surface area (Å²) in [7, 11) is 1.70. The van der Waals surface area contributed by atoms with Crippen molar-refractivity contribution in [2.75, 3.05) is 20.2 Å². The van der Waals surface area contributed by atoms with Crippen molar-refractivity contribution in [3.63, 3.8) is 0 Å². The molecule has 0 bridgehead atoms. The van der Waals surface area contributed by atoms with Crippen molar-refractivity contribution in [2.24, 2.45) is 4.99 Å². The minimum Gasteiger partial charge on any atom is -0.492 e. The van der Waals surface area contributed by atoms with E-state index < -0.39 is 0 Å². The lowest BCUT2D eigenvalue weighted by atomic mass is 10.3. The first-order valence-electron chi connectivity index (χ1n) is 7.01. The van der Waals surface area contributed by atoms with Crippen molar-refractivity contribution in [3.05, 3.63) is 60.2 Å². The molecule has 0 aliphatic rings. The number of nitrogens with one attached hydrogen (secondary N) is 2.